The topological polar surface area (TPSA) is 79.8 Å². The Morgan fingerprint density at radius 2 is 2.19 bits per heavy atom. The quantitative estimate of drug-likeness (QED) is 0.690. The molecule has 2 atom stereocenters. The Balaban J connectivity index is 1.39. The van der Waals surface area contributed by atoms with Crippen molar-refractivity contribution >= 4 is 39.8 Å². The highest BCUT2D eigenvalue weighted by Gasteiger charge is 2.41. The van der Waals surface area contributed by atoms with Crippen molar-refractivity contribution < 1.29 is 9.18 Å². The number of aromatic nitrogens is 3. The first kappa shape index (κ1) is 16.9. The number of pyridine rings is 1. The lowest BCUT2D eigenvalue weighted by Gasteiger charge is -2.08. The Labute approximate surface area is 157 Å². The molecular formula is C17H13ClFN5OS. The average molecular weight is 390 g/mol. The van der Waals surface area contributed by atoms with Gasteiger partial charge in [-0.15, -0.1) is 10.2 Å². The lowest BCUT2D eigenvalue weighted by atomic mass is 10.1. The number of rotatable bonds is 5. The highest BCUT2D eigenvalue weighted by Crippen LogP contribution is 2.46. The third-order valence-electron chi connectivity index (χ3n) is 4.10. The molecule has 1 amide bonds. The Bertz CT molecular complexity index is 915. The molecule has 0 saturated heterocycles. The number of nitrogens with one attached hydrogen (secondary N) is 2. The highest BCUT2D eigenvalue weighted by molar-refractivity contribution is 7.13. The molecule has 132 valence electrons. The maximum atomic E-state index is 14.0. The Morgan fingerprint density at radius 1 is 1.31 bits per heavy atom. The first-order valence-corrected chi connectivity index (χ1v) is 9.11. The minimum absolute atomic E-state index is 0.0193. The summed E-state index contributed by atoms with van der Waals surface area (Å²) in [6, 6.07) is 8.16. The summed E-state index contributed by atoms with van der Waals surface area (Å²) in [5.74, 6) is 0.0509. The van der Waals surface area contributed by atoms with E-state index in [0.717, 1.165) is 6.42 Å². The number of anilines is 2. The Morgan fingerprint density at radius 3 is 2.88 bits per heavy atom. The number of carbonyl (C=O) groups excluding carboxylic acids is 1. The van der Waals surface area contributed by atoms with Gasteiger partial charge in [-0.3, -0.25) is 10.1 Å². The normalized spacial score (nSPS) is 18.4. The molecule has 2 aromatic heterocycles. The van der Waals surface area contributed by atoms with Crippen LogP contribution in [-0.2, 0) is 0 Å². The first-order chi connectivity index (χ1) is 12.6. The molecule has 0 aliphatic heterocycles. The van der Waals surface area contributed by atoms with E-state index in [1.807, 2.05) is 0 Å². The molecule has 1 saturated carbocycles. The van der Waals surface area contributed by atoms with Gasteiger partial charge in [-0.25, -0.2) is 9.37 Å². The van der Waals surface area contributed by atoms with Gasteiger partial charge in [0.2, 0.25) is 5.13 Å². The zero-order chi connectivity index (χ0) is 18.1. The third kappa shape index (κ3) is 3.51. The van der Waals surface area contributed by atoms with E-state index in [2.05, 4.69) is 25.8 Å². The van der Waals surface area contributed by atoms with Gasteiger partial charge in [0.1, 0.15) is 17.1 Å². The van der Waals surface area contributed by atoms with Crippen molar-refractivity contribution in [1.82, 2.24) is 15.2 Å². The van der Waals surface area contributed by atoms with Crippen LogP contribution in [-0.4, -0.2) is 27.1 Å². The minimum Gasteiger partial charge on any atom is -0.367 e. The van der Waals surface area contributed by atoms with Crippen molar-refractivity contribution in [2.45, 2.75) is 18.4 Å². The van der Waals surface area contributed by atoms with Gasteiger partial charge in [0.05, 0.1) is 5.56 Å². The van der Waals surface area contributed by atoms with Crippen molar-refractivity contribution in [2.75, 3.05) is 10.6 Å². The Kier molecular flexibility index (Phi) is 4.52. The second-order valence-corrected chi connectivity index (χ2v) is 7.10. The predicted octanol–water partition coefficient (Wildman–Crippen LogP) is 3.95. The van der Waals surface area contributed by atoms with Gasteiger partial charge in [-0.2, -0.15) is 0 Å². The molecule has 1 fully saturated rings. The van der Waals surface area contributed by atoms with E-state index in [4.69, 9.17) is 11.6 Å². The summed E-state index contributed by atoms with van der Waals surface area (Å²) in [6.07, 6.45) is 2.26. The van der Waals surface area contributed by atoms with E-state index in [9.17, 15) is 9.18 Å². The van der Waals surface area contributed by atoms with Crippen molar-refractivity contribution in [1.29, 1.82) is 0 Å². The minimum atomic E-state index is -0.303. The summed E-state index contributed by atoms with van der Waals surface area (Å²) in [5.41, 5.74) is 2.49. The van der Waals surface area contributed by atoms with Crippen LogP contribution in [0.15, 0.2) is 42.0 Å². The number of hydrogen-bond donors (Lipinski definition) is 2. The molecule has 4 rings (SSSR count). The predicted molar refractivity (Wildman–Crippen MR) is 98.3 cm³/mol. The lowest BCUT2D eigenvalue weighted by molar-refractivity contribution is 0.102. The van der Waals surface area contributed by atoms with Crippen molar-refractivity contribution in [3.8, 4) is 0 Å². The van der Waals surface area contributed by atoms with Gasteiger partial charge in [-0.1, -0.05) is 29.0 Å². The van der Waals surface area contributed by atoms with E-state index in [0.29, 0.717) is 27.1 Å². The van der Waals surface area contributed by atoms with Crippen LogP contribution in [0.2, 0.25) is 5.02 Å². The lowest BCUT2D eigenvalue weighted by Crippen LogP contribution is -2.13. The van der Waals surface area contributed by atoms with Gasteiger partial charge in [0.25, 0.3) is 5.91 Å². The monoisotopic (exact) mass is 389 g/mol. The van der Waals surface area contributed by atoms with Crippen LogP contribution in [0.1, 0.15) is 28.3 Å². The van der Waals surface area contributed by atoms with E-state index in [1.54, 1.807) is 24.3 Å². The fraction of sp³-hybridized carbons (Fsp3) is 0.176. The van der Waals surface area contributed by atoms with Crippen molar-refractivity contribution in [3.63, 3.8) is 0 Å². The van der Waals surface area contributed by atoms with Gasteiger partial charge in [-0.05, 0) is 30.7 Å². The largest absolute Gasteiger partial charge is 0.367 e. The molecule has 1 aliphatic carbocycles. The highest BCUT2D eigenvalue weighted by atomic mass is 35.5. The molecule has 1 aromatic carbocycles. The smallest absolute Gasteiger partial charge is 0.259 e. The molecule has 0 bridgehead atoms. The number of halogens is 2. The zero-order valence-corrected chi connectivity index (χ0v) is 14.9. The first-order valence-electron chi connectivity index (χ1n) is 7.86. The fourth-order valence-electron chi connectivity index (χ4n) is 2.74. The molecule has 0 radical (unpaired) electrons. The molecule has 0 spiro atoms. The fourth-order valence-corrected chi connectivity index (χ4v) is 3.48. The van der Waals surface area contributed by atoms with Crippen molar-refractivity contribution in [2.24, 2.45) is 0 Å². The SMILES string of the molecule is O=C(Nc1nncs1)c1ccc(NC2CC2c2c(F)cccc2Cl)nc1. The molecule has 26 heavy (non-hydrogen) atoms. The third-order valence-corrected chi connectivity index (χ3v) is 5.04. The van der Waals surface area contributed by atoms with Crippen molar-refractivity contribution in [3.05, 3.63) is 64.0 Å². The molecule has 3 aromatic rings. The van der Waals surface area contributed by atoms with Gasteiger partial charge in [0.15, 0.2) is 0 Å². The second-order valence-electron chi connectivity index (χ2n) is 5.86. The van der Waals surface area contributed by atoms with E-state index in [-0.39, 0.29) is 23.7 Å². The van der Waals surface area contributed by atoms with Gasteiger partial charge in [0, 0.05) is 28.7 Å². The van der Waals surface area contributed by atoms with Crippen LogP contribution in [0.3, 0.4) is 0 Å². The number of carbonyl (C=O) groups is 1. The molecule has 1 aliphatic rings. The van der Waals surface area contributed by atoms with Crippen LogP contribution in [0, 0.1) is 5.82 Å². The van der Waals surface area contributed by atoms with Gasteiger partial charge >= 0.3 is 0 Å². The van der Waals surface area contributed by atoms with Crippen LogP contribution in [0.5, 0.6) is 0 Å². The molecular weight excluding hydrogens is 377 g/mol. The molecule has 2 heterocycles. The molecule has 6 nitrogen and oxygen atoms in total. The number of hydrogen-bond acceptors (Lipinski definition) is 6. The maximum absolute atomic E-state index is 14.0. The summed E-state index contributed by atoms with van der Waals surface area (Å²) in [7, 11) is 0. The molecule has 9 heteroatoms. The van der Waals surface area contributed by atoms with Crippen LogP contribution < -0.4 is 10.6 Å². The summed E-state index contributed by atoms with van der Waals surface area (Å²) in [6.45, 7) is 0. The Hall–Kier alpha value is -2.58. The number of benzene rings is 1. The average Bonchev–Trinajstić information content (AvgIpc) is 3.16. The number of nitrogens with zero attached hydrogens (tertiary/aromatic N) is 3. The van der Waals surface area contributed by atoms with E-state index >= 15 is 0 Å². The van der Waals surface area contributed by atoms with Gasteiger partial charge < -0.3 is 5.32 Å². The molecule has 2 N–H and O–H groups in total. The second kappa shape index (κ2) is 6.97. The summed E-state index contributed by atoms with van der Waals surface area (Å²) >= 11 is 7.35. The van der Waals surface area contributed by atoms with Crippen LogP contribution in [0.25, 0.3) is 0 Å². The summed E-state index contributed by atoms with van der Waals surface area (Å²) in [5, 5.41) is 14.2. The van der Waals surface area contributed by atoms with E-state index in [1.165, 1.54) is 29.1 Å². The van der Waals surface area contributed by atoms with Crippen LogP contribution in [0.4, 0.5) is 15.3 Å². The zero-order valence-electron chi connectivity index (χ0n) is 13.3. The molecule has 2 unspecified atom stereocenters. The van der Waals surface area contributed by atoms with Crippen LogP contribution >= 0.6 is 22.9 Å². The summed E-state index contributed by atoms with van der Waals surface area (Å²) < 4.78 is 14.0. The standard InChI is InChI=1S/C17H13ClFN5OS/c18-11-2-1-3-12(19)15(11)10-6-13(10)22-14-5-4-9(7-20-14)16(25)23-17-24-21-8-26-17/h1-5,7-8,10,13H,6H2,(H,20,22)(H,23,24,25). The summed E-state index contributed by atoms with van der Waals surface area (Å²) in [4.78, 5) is 16.3. The van der Waals surface area contributed by atoms with E-state index < -0.39 is 0 Å². The number of amides is 1. The maximum Gasteiger partial charge on any atom is 0.259 e.